The first kappa shape index (κ1) is 14.2. The highest BCUT2D eigenvalue weighted by molar-refractivity contribution is 6.11. The Morgan fingerprint density at radius 1 is 1.42 bits per heavy atom. The molecule has 0 saturated carbocycles. The molecule has 1 N–H and O–H groups in total. The molecule has 0 atom stereocenters. The molecule has 1 aromatic carbocycles. The molecule has 4 aromatic rings. The van der Waals surface area contributed by atoms with E-state index in [0.717, 1.165) is 0 Å². The van der Waals surface area contributed by atoms with E-state index in [2.05, 4.69) is 15.2 Å². The van der Waals surface area contributed by atoms with Gasteiger partial charge in [-0.3, -0.25) is 4.79 Å². The average molecular weight is 323 g/mol. The second-order valence-electron chi connectivity index (χ2n) is 5.16. The van der Waals surface area contributed by atoms with Crippen LogP contribution in [-0.2, 0) is 0 Å². The number of fused-ring (bicyclic) bond motifs is 3. The standard InChI is InChI=1S/C16H13N5O3/c1-2-24-10-5-6-13-14(8-10)20-16(19-21(13)23)11(9-18-20)15(22)12-4-3-7-17-12/h3-9,17H,2H2,1H3. The zero-order valence-electron chi connectivity index (χ0n) is 12.8. The van der Waals surface area contributed by atoms with Crippen LogP contribution in [-0.4, -0.2) is 32.1 Å². The summed E-state index contributed by atoms with van der Waals surface area (Å²) in [7, 11) is 0. The van der Waals surface area contributed by atoms with Gasteiger partial charge in [-0.2, -0.15) is 5.10 Å². The molecule has 0 unspecified atom stereocenters. The quantitative estimate of drug-likeness (QED) is 0.348. The van der Waals surface area contributed by atoms with Crippen molar-refractivity contribution in [1.29, 1.82) is 0 Å². The number of carbonyl (C=O) groups is 1. The van der Waals surface area contributed by atoms with Crippen LogP contribution in [0.2, 0.25) is 0 Å². The van der Waals surface area contributed by atoms with Gasteiger partial charge in [0.2, 0.25) is 11.4 Å². The average Bonchev–Trinajstić information content (AvgIpc) is 3.24. The Kier molecular flexibility index (Phi) is 3.16. The first-order valence-electron chi connectivity index (χ1n) is 7.41. The third-order valence-corrected chi connectivity index (χ3v) is 3.71. The SMILES string of the molecule is CCOc1ccc2c(c1)n1ncc(C(=O)c3ccc[nH]3)c1n[n+]2[O-]. The lowest BCUT2D eigenvalue weighted by molar-refractivity contribution is -0.640. The van der Waals surface area contributed by atoms with Crippen molar-refractivity contribution in [2.75, 3.05) is 6.61 Å². The molecule has 0 aliphatic heterocycles. The van der Waals surface area contributed by atoms with Crippen molar-refractivity contribution in [3.05, 3.63) is 59.2 Å². The summed E-state index contributed by atoms with van der Waals surface area (Å²) in [6.07, 6.45) is 3.07. The van der Waals surface area contributed by atoms with Gasteiger partial charge in [0.1, 0.15) is 11.3 Å². The zero-order chi connectivity index (χ0) is 16.7. The Bertz CT molecular complexity index is 1050. The molecule has 3 aromatic heterocycles. The lowest BCUT2D eigenvalue weighted by Gasteiger charge is -2.05. The lowest BCUT2D eigenvalue weighted by atomic mass is 10.1. The summed E-state index contributed by atoms with van der Waals surface area (Å²) in [6.45, 7) is 2.38. The summed E-state index contributed by atoms with van der Waals surface area (Å²) >= 11 is 0. The van der Waals surface area contributed by atoms with Crippen LogP contribution >= 0.6 is 0 Å². The molecule has 0 amide bonds. The fourth-order valence-electron chi connectivity index (χ4n) is 2.62. The first-order chi connectivity index (χ1) is 11.7. The van der Waals surface area contributed by atoms with Crippen molar-refractivity contribution in [2.45, 2.75) is 6.92 Å². The molecule has 0 bridgehead atoms. The fraction of sp³-hybridized carbons (Fsp3) is 0.125. The second kappa shape index (κ2) is 5.34. The first-order valence-corrected chi connectivity index (χ1v) is 7.41. The molecule has 8 nitrogen and oxygen atoms in total. The number of hydrogen-bond donors (Lipinski definition) is 1. The van der Waals surface area contributed by atoms with E-state index in [0.29, 0.717) is 33.9 Å². The van der Waals surface area contributed by atoms with Crippen molar-refractivity contribution in [3.63, 3.8) is 0 Å². The van der Waals surface area contributed by atoms with Gasteiger partial charge in [-0.1, -0.05) is 0 Å². The van der Waals surface area contributed by atoms with Crippen LogP contribution in [0.3, 0.4) is 0 Å². The Morgan fingerprint density at radius 3 is 3.04 bits per heavy atom. The Morgan fingerprint density at radius 2 is 2.29 bits per heavy atom. The number of ketones is 1. The number of rotatable bonds is 4. The van der Waals surface area contributed by atoms with E-state index in [4.69, 9.17) is 4.74 Å². The predicted octanol–water partition coefficient (Wildman–Crippen LogP) is 1.47. The second-order valence-corrected chi connectivity index (χ2v) is 5.16. The predicted molar refractivity (Wildman–Crippen MR) is 84.8 cm³/mol. The van der Waals surface area contributed by atoms with Crippen LogP contribution in [0.1, 0.15) is 23.0 Å². The summed E-state index contributed by atoms with van der Waals surface area (Å²) in [5.41, 5.74) is 1.73. The highest BCUT2D eigenvalue weighted by Gasteiger charge is 2.22. The molecule has 0 radical (unpaired) electrons. The van der Waals surface area contributed by atoms with Gasteiger partial charge >= 0.3 is 0 Å². The number of hydrogen-bond acceptors (Lipinski definition) is 5. The van der Waals surface area contributed by atoms with Gasteiger partial charge in [0.05, 0.1) is 24.1 Å². The number of aromatic amines is 1. The van der Waals surface area contributed by atoms with E-state index in [1.807, 2.05) is 6.92 Å². The molecular weight excluding hydrogens is 310 g/mol. The van der Waals surface area contributed by atoms with Gasteiger partial charge in [-0.05, 0) is 30.0 Å². The van der Waals surface area contributed by atoms with Crippen LogP contribution in [0.25, 0.3) is 16.7 Å². The minimum atomic E-state index is -0.275. The number of benzene rings is 1. The van der Waals surface area contributed by atoms with Crippen LogP contribution in [0, 0.1) is 5.21 Å². The topological polar surface area (TPSA) is 99.2 Å². The van der Waals surface area contributed by atoms with E-state index in [1.54, 1.807) is 36.5 Å². The maximum Gasteiger partial charge on any atom is 0.270 e. The smallest absolute Gasteiger partial charge is 0.270 e. The summed E-state index contributed by atoms with van der Waals surface area (Å²) < 4.78 is 6.95. The zero-order valence-corrected chi connectivity index (χ0v) is 12.8. The molecular formula is C16H13N5O3. The van der Waals surface area contributed by atoms with E-state index < -0.39 is 0 Å². The van der Waals surface area contributed by atoms with Crippen LogP contribution in [0.15, 0.2) is 42.7 Å². The number of H-pyrrole nitrogens is 1. The number of aromatic nitrogens is 5. The number of nitrogens with one attached hydrogen (secondary N) is 1. The fourth-order valence-corrected chi connectivity index (χ4v) is 2.62. The third kappa shape index (κ3) is 2.08. The molecule has 24 heavy (non-hydrogen) atoms. The van der Waals surface area contributed by atoms with Crippen molar-refractivity contribution in [1.82, 2.24) is 19.7 Å². The number of nitrogens with zero attached hydrogens (tertiary/aromatic N) is 4. The van der Waals surface area contributed by atoms with Crippen LogP contribution in [0.5, 0.6) is 5.75 Å². The highest BCUT2D eigenvalue weighted by Crippen LogP contribution is 2.21. The molecule has 0 saturated heterocycles. The monoisotopic (exact) mass is 323 g/mol. The van der Waals surface area contributed by atoms with E-state index in [9.17, 15) is 10.0 Å². The summed E-state index contributed by atoms with van der Waals surface area (Å²) in [4.78, 5) is 15.9. The van der Waals surface area contributed by atoms with Crippen LogP contribution in [0.4, 0.5) is 0 Å². The Labute approximate surface area is 135 Å². The number of ether oxygens (including phenoxy) is 1. The van der Waals surface area contributed by atoms with Crippen molar-refractivity contribution in [3.8, 4) is 5.75 Å². The molecule has 8 heteroatoms. The molecule has 0 aliphatic carbocycles. The van der Waals surface area contributed by atoms with Crippen LogP contribution < -0.4 is 9.58 Å². The van der Waals surface area contributed by atoms with Crippen molar-refractivity contribution < 1.29 is 14.4 Å². The summed E-state index contributed by atoms with van der Waals surface area (Å²) in [6, 6.07) is 8.41. The molecule has 3 heterocycles. The van der Waals surface area contributed by atoms with E-state index in [1.165, 1.54) is 10.7 Å². The van der Waals surface area contributed by atoms with Gasteiger partial charge in [0, 0.05) is 23.4 Å². The third-order valence-electron chi connectivity index (χ3n) is 3.71. The Hall–Kier alpha value is -3.42. The molecule has 0 spiro atoms. The normalized spacial score (nSPS) is 11.2. The van der Waals surface area contributed by atoms with E-state index in [-0.39, 0.29) is 17.0 Å². The largest absolute Gasteiger partial charge is 0.594 e. The highest BCUT2D eigenvalue weighted by atomic mass is 16.5. The summed E-state index contributed by atoms with van der Waals surface area (Å²) in [5.74, 6) is 0.341. The van der Waals surface area contributed by atoms with E-state index >= 15 is 0 Å². The van der Waals surface area contributed by atoms with Gasteiger partial charge in [-0.25, -0.2) is 4.52 Å². The molecule has 4 rings (SSSR count). The van der Waals surface area contributed by atoms with Crippen molar-refractivity contribution >= 4 is 22.5 Å². The lowest BCUT2D eigenvalue weighted by Crippen LogP contribution is -2.33. The minimum Gasteiger partial charge on any atom is -0.594 e. The van der Waals surface area contributed by atoms with Gasteiger partial charge in [0.25, 0.3) is 5.52 Å². The molecule has 0 fully saturated rings. The summed E-state index contributed by atoms with van der Waals surface area (Å²) in [5, 5.41) is 20.4. The minimum absolute atomic E-state index is 0.200. The maximum atomic E-state index is 12.5. The van der Waals surface area contributed by atoms with Gasteiger partial charge < -0.3 is 14.9 Å². The molecule has 120 valence electrons. The van der Waals surface area contributed by atoms with Crippen molar-refractivity contribution in [2.24, 2.45) is 0 Å². The maximum absolute atomic E-state index is 12.5. The Balaban J connectivity index is 1.96. The number of carbonyl (C=O) groups excluding carboxylic acids is 1. The van der Waals surface area contributed by atoms with Gasteiger partial charge in [-0.15, -0.1) is 0 Å². The molecule has 0 aliphatic rings. The van der Waals surface area contributed by atoms with Gasteiger partial charge in [0.15, 0.2) is 0 Å².